The summed E-state index contributed by atoms with van der Waals surface area (Å²) in [6.45, 7) is 10.8. The third-order valence-electron chi connectivity index (χ3n) is 13.5. The predicted octanol–water partition coefficient (Wildman–Crippen LogP) is 6.82. The van der Waals surface area contributed by atoms with Crippen LogP contribution in [0.25, 0.3) is 0 Å². The highest BCUT2D eigenvalue weighted by molar-refractivity contribution is 5.95. The van der Waals surface area contributed by atoms with E-state index in [1.54, 1.807) is 18.2 Å². The predicted molar refractivity (Wildman–Crippen MR) is 156 cm³/mol. The summed E-state index contributed by atoms with van der Waals surface area (Å²) in [5.41, 5.74) is 14.0. The third-order valence-corrected chi connectivity index (χ3v) is 13.5. The molecule has 6 heteroatoms. The van der Waals surface area contributed by atoms with Crippen molar-refractivity contribution in [2.24, 2.45) is 52.3 Å². The molecule has 0 radical (unpaired) electrons. The Morgan fingerprint density at radius 3 is 2.50 bits per heavy atom. The van der Waals surface area contributed by atoms with E-state index < -0.39 is 0 Å². The Hall–Kier alpha value is -1.79. The molecule has 40 heavy (non-hydrogen) atoms. The van der Waals surface area contributed by atoms with E-state index in [-0.39, 0.29) is 17.9 Å². The number of carbonyl (C=O) groups is 1. The fourth-order valence-electron chi connectivity index (χ4n) is 11.3. The molecule has 6 aliphatic rings. The summed E-state index contributed by atoms with van der Waals surface area (Å²) >= 11 is 0. The van der Waals surface area contributed by atoms with Gasteiger partial charge in [-0.1, -0.05) is 27.7 Å². The van der Waals surface area contributed by atoms with Crippen molar-refractivity contribution in [2.75, 3.05) is 18.1 Å². The lowest BCUT2D eigenvalue weighted by molar-refractivity contribution is -0.273. The summed E-state index contributed by atoms with van der Waals surface area (Å²) in [6.07, 6.45) is 12.1. The molecule has 6 nitrogen and oxygen atoms in total. The molecule has 0 amide bonds. The van der Waals surface area contributed by atoms with Crippen LogP contribution in [-0.2, 0) is 14.2 Å². The van der Waals surface area contributed by atoms with Gasteiger partial charge in [-0.3, -0.25) is 0 Å². The number of nitrogens with two attached hydrogens (primary N) is 2. The number of hydrogen-bond donors (Lipinski definition) is 2. The number of rotatable bonds is 2. The summed E-state index contributed by atoms with van der Waals surface area (Å²) in [5.74, 6) is 4.03. The highest BCUT2D eigenvalue weighted by Crippen LogP contribution is 2.71. The first-order chi connectivity index (χ1) is 19.0. The van der Waals surface area contributed by atoms with E-state index in [4.69, 9.17) is 25.7 Å². The lowest BCUT2D eigenvalue weighted by Gasteiger charge is -2.61. The number of carbonyl (C=O) groups excluding carboxylic acids is 1. The van der Waals surface area contributed by atoms with Crippen LogP contribution in [0.4, 0.5) is 11.4 Å². The van der Waals surface area contributed by atoms with Crippen LogP contribution in [0.1, 0.15) is 102 Å². The van der Waals surface area contributed by atoms with Gasteiger partial charge in [0.1, 0.15) is 6.10 Å². The maximum atomic E-state index is 13.0. The molecule has 7 rings (SSSR count). The van der Waals surface area contributed by atoms with Gasteiger partial charge in [0.2, 0.25) is 0 Å². The van der Waals surface area contributed by atoms with Crippen LogP contribution in [0.2, 0.25) is 0 Å². The van der Waals surface area contributed by atoms with Gasteiger partial charge in [0.15, 0.2) is 5.79 Å². The monoisotopic (exact) mass is 550 g/mol. The number of hydrogen-bond acceptors (Lipinski definition) is 6. The molecule has 2 heterocycles. The molecule has 0 aromatic heterocycles. The van der Waals surface area contributed by atoms with Gasteiger partial charge in [-0.25, -0.2) is 4.79 Å². The van der Waals surface area contributed by atoms with Gasteiger partial charge in [0.25, 0.3) is 0 Å². The molecule has 6 fully saturated rings. The second kappa shape index (κ2) is 9.36. The topological polar surface area (TPSA) is 96.8 Å². The van der Waals surface area contributed by atoms with Crippen LogP contribution >= 0.6 is 0 Å². The van der Waals surface area contributed by atoms with Crippen LogP contribution in [0.3, 0.4) is 0 Å². The van der Waals surface area contributed by atoms with Crippen molar-refractivity contribution in [3.8, 4) is 0 Å². The number of anilines is 2. The molecule has 220 valence electrons. The second-order valence-corrected chi connectivity index (χ2v) is 15.3. The standard InChI is InChI=1S/C34H50N2O4/c1-19-9-14-34(38-18-19)20(2)30-29(40-34)17-27-24-7-5-21-15-23(39-31(37)25-8-6-22(35)16-28(25)36)10-12-32(21,3)26(24)11-13-33(27,30)4/h6,8,16,19-21,23-24,26-27,29-30H,5,7,9-15,17-18,35-36H2,1-4H3. The van der Waals surface area contributed by atoms with Gasteiger partial charge in [-0.05, 0) is 122 Å². The van der Waals surface area contributed by atoms with Gasteiger partial charge in [0, 0.05) is 23.7 Å². The first-order valence-corrected chi connectivity index (χ1v) is 16.2. The molecular weight excluding hydrogens is 500 g/mol. The molecule has 2 saturated heterocycles. The van der Waals surface area contributed by atoms with Crippen LogP contribution < -0.4 is 11.5 Å². The molecule has 0 bridgehead atoms. The summed E-state index contributed by atoms with van der Waals surface area (Å²) in [5, 5.41) is 0. The van der Waals surface area contributed by atoms with E-state index >= 15 is 0 Å². The van der Waals surface area contributed by atoms with E-state index in [0.717, 1.165) is 50.0 Å². The lowest BCUT2D eigenvalue weighted by atomic mass is 9.44. The first kappa shape index (κ1) is 27.1. The number of nitrogen functional groups attached to an aromatic ring is 2. The normalized spacial score (nSPS) is 49.5. The maximum Gasteiger partial charge on any atom is 0.340 e. The van der Waals surface area contributed by atoms with Crippen LogP contribution in [-0.4, -0.2) is 30.6 Å². The minimum Gasteiger partial charge on any atom is -0.459 e. The quantitative estimate of drug-likeness (QED) is 0.310. The number of esters is 1. The highest BCUT2D eigenvalue weighted by Gasteiger charge is 2.69. The molecule has 2 aliphatic heterocycles. The Morgan fingerprint density at radius 1 is 0.950 bits per heavy atom. The zero-order valence-electron chi connectivity index (χ0n) is 25.0. The Balaban J connectivity index is 1.04. The molecule has 4 N–H and O–H groups in total. The SMILES string of the molecule is CC1CCC2(OC1)OC1CC3C4CCC5CC(OC(=O)c6ccc(N)cc6N)CCC5(C)C4CCC3(C)C1C2C. The molecule has 1 aromatic rings. The van der Waals surface area contributed by atoms with Crippen molar-refractivity contribution in [3.05, 3.63) is 23.8 Å². The number of benzene rings is 1. The molecule has 1 aromatic carbocycles. The van der Waals surface area contributed by atoms with Gasteiger partial charge < -0.3 is 25.7 Å². The number of fused-ring (bicyclic) bond motifs is 7. The van der Waals surface area contributed by atoms with E-state index in [1.165, 1.54) is 38.5 Å². The van der Waals surface area contributed by atoms with E-state index in [9.17, 15) is 4.79 Å². The molecule has 1 spiro atoms. The first-order valence-electron chi connectivity index (χ1n) is 16.2. The van der Waals surface area contributed by atoms with Crippen LogP contribution in [0.5, 0.6) is 0 Å². The Morgan fingerprint density at radius 2 is 1.75 bits per heavy atom. The van der Waals surface area contributed by atoms with Gasteiger partial charge in [0.05, 0.1) is 18.3 Å². The van der Waals surface area contributed by atoms with E-state index in [2.05, 4.69) is 27.7 Å². The van der Waals surface area contributed by atoms with Gasteiger partial charge in [-0.15, -0.1) is 0 Å². The van der Waals surface area contributed by atoms with Crippen LogP contribution in [0, 0.1) is 52.3 Å². The molecule has 4 aliphatic carbocycles. The Kier molecular flexibility index (Phi) is 6.33. The van der Waals surface area contributed by atoms with Crippen LogP contribution in [0.15, 0.2) is 18.2 Å². The van der Waals surface area contributed by atoms with Crippen molar-refractivity contribution in [1.82, 2.24) is 0 Å². The van der Waals surface area contributed by atoms with Crippen molar-refractivity contribution in [2.45, 2.75) is 110 Å². The zero-order valence-corrected chi connectivity index (χ0v) is 25.0. The van der Waals surface area contributed by atoms with Crippen molar-refractivity contribution in [1.29, 1.82) is 0 Å². The summed E-state index contributed by atoms with van der Waals surface area (Å²) < 4.78 is 19.5. The molecule has 12 unspecified atom stereocenters. The zero-order chi connectivity index (χ0) is 28.0. The van der Waals surface area contributed by atoms with Gasteiger partial charge in [-0.2, -0.15) is 0 Å². The lowest BCUT2D eigenvalue weighted by Crippen LogP contribution is -2.55. The third kappa shape index (κ3) is 3.91. The van der Waals surface area contributed by atoms with E-state index in [0.29, 0.717) is 57.5 Å². The van der Waals surface area contributed by atoms with Crippen molar-refractivity contribution < 1.29 is 19.0 Å². The Bertz CT molecular complexity index is 1160. The summed E-state index contributed by atoms with van der Waals surface area (Å²) in [7, 11) is 0. The maximum absolute atomic E-state index is 13.0. The summed E-state index contributed by atoms with van der Waals surface area (Å²) in [4.78, 5) is 13.0. The van der Waals surface area contributed by atoms with E-state index in [1.807, 2.05) is 0 Å². The smallest absolute Gasteiger partial charge is 0.340 e. The largest absolute Gasteiger partial charge is 0.459 e. The average molecular weight is 551 g/mol. The molecule has 4 saturated carbocycles. The summed E-state index contributed by atoms with van der Waals surface area (Å²) in [6, 6.07) is 5.04. The van der Waals surface area contributed by atoms with Gasteiger partial charge >= 0.3 is 5.97 Å². The number of ether oxygens (including phenoxy) is 3. The highest BCUT2D eigenvalue weighted by atomic mass is 16.7. The molecular formula is C34H50N2O4. The van der Waals surface area contributed by atoms with Crippen molar-refractivity contribution in [3.63, 3.8) is 0 Å². The fourth-order valence-corrected chi connectivity index (χ4v) is 11.3. The van der Waals surface area contributed by atoms with Crippen molar-refractivity contribution >= 4 is 17.3 Å². The average Bonchev–Trinajstić information content (AvgIpc) is 3.36. The fraction of sp³-hybridized carbons (Fsp3) is 0.794. The minimum absolute atomic E-state index is 0.0255. The minimum atomic E-state index is -0.330. The second-order valence-electron chi connectivity index (χ2n) is 15.3. The Labute approximate surface area is 240 Å². The molecule has 12 atom stereocenters.